The van der Waals surface area contributed by atoms with E-state index in [2.05, 4.69) is 17.1 Å². The monoisotopic (exact) mass is 418 g/mol. The van der Waals surface area contributed by atoms with Crippen molar-refractivity contribution in [1.29, 1.82) is 0 Å². The maximum Gasteiger partial charge on any atom is 0.227 e. The van der Waals surface area contributed by atoms with Crippen molar-refractivity contribution in [2.45, 2.75) is 44.6 Å². The summed E-state index contributed by atoms with van der Waals surface area (Å²) >= 11 is 0. The van der Waals surface area contributed by atoms with Crippen LogP contribution in [0.15, 0.2) is 54.1 Å². The highest BCUT2D eigenvalue weighted by Gasteiger charge is 2.36. The Morgan fingerprint density at radius 3 is 2.84 bits per heavy atom. The molecule has 1 aliphatic heterocycles. The molecule has 0 saturated heterocycles. The Morgan fingerprint density at radius 1 is 1.19 bits per heavy atom. The lowest BCUT2D eigenvalue weighted by Gasteiger charge is -2.37. The summed E-state index contributed by atoms with van der Waals surface area (Å²) in [5.41, 5.74) is 4.84. The van der Waals surface area contributed by atoms with Gasteiger partial charge in [-0.1, -0.05) is 29.8 Å². The van der Waals surface area contributed by atoms with E-state index in [1.54, 1.807) is 12.1 Å². The second kappa shape index (κ2) is 8.22. The third kappa shape index (κ3) is 3.62. The van der Waals surface area contributed by atoms with Gasteiger partial charge in [-0.15, -0.1) is 0 Å². The molecule has 3 aromatic rings. The van der Waals surface area contributed by atoms with Gasteiger partial charge in [0, 0.05) is 41.2 Å². The number of hydrogen-bond donors (Lipinski definition) is 1. The molecule has 1 N–H and O–H groups in total. The first-order chi connectivity index (χ1) is 15.2. The molecule has 2 aliphatic rings. The lowest BCUT2D eigenvalue weighted by Crippen LogP contribution is -2.41. The molecule has 1 atom stereocenters. The van der Waals surface area contributed by atoms with Gasteiger partial charge in [-0.3, -0.25) is 4.79 Å². The quantitative estimate of drug-likeness (QED) is 0.554. The number of aromatic nitrogens is 1. The topological polar surface area (TPSA) is 45.3 Å². The molecule has 31 heavy (non-hydrogen) atoms. The summed E-state index contributed by atoms with van der Waals surface area (Å²) in [5, 5.41) is 1.15. The van der Waals surface area contributed by atoms with Crippen LogP contribution in [0.5, 0.6) is 5.75 Å². The number of aromatic amines is 1. The molecule has 0 saturated carbocycles. The highest BCUT2D eigenvalue weighted by molar-refractivity contribution is 5.87. The van der Waals surface area contributed by atoms with E-state index in [9.17, 15) is 4.79 Å². The number of fused-ring (bicyclic) bond motifs is 3. The molecule has 160 valence electrons. The number of halogens is 1. The van der Waals surface area contributed by atoms with Gasteiger partial charge in [0.25, 0.3) is 0 Å². The van der Waals surface area contributed by atoms with E-state index in [4.69, 9.17) is 4.74 Å². The Hall–Kier alpha value is -3.08. The van der Waals surface area contributed by atoms with Gasteiger partial charge in [-0.25, -0.2) is 4.39 Å². The van der Waals surface area contributed by atoms with Crippen molar-refractivity contribution in [3.8, 4) is 5.75 Å². The molecule has 1 aromatic heterocycles. The first-order valence-electron chi connectivity index (χ1n) is 11.1. The zero-order chi connectivity index (χ0) is 21.4. The Morgan fingerprint density at radius 2 is 2.06 bits per heavy atom. The molecule has 2 heterocycles. The fourth-order valence-electron chi connectivity index (χ4n) is 5.05. The largest absolute Gasteiger partial charge is 0.497 e. The molecule has 4 nitrogen and oxygen atoms in total. The van der Waals surface area contributed by atoms with Crippen molar-refractivity contribution >= 4 is 16.8 Å². The van der Waals surface area contributed by atoms with Crippen LogP contribution in [0, 0.1) is 5.82 Å². The first-order valence-corrected chi connectivity index (χ1v) is 11.1. The number of para-hydroxylation sites is 1. The summed E-state index contributed by atoms with van der Waals surface area (Å²) < 4.78 is 20.4. The molecule has 5 rings (SSSR count). The summed E-state index contributed by atoms with van der Waals surface area (Å²) in [7, 11) is 1.53. The molecular weight excluding hydrogens is 391 g/mol. The molecule has 1 amide bonds. The highest BCUT2D eigenvalue weighted by atomic mass is 19.1. The van der Waals surface area contributed by atoms with Crippen LogP contribution >= 0.6 is 0 Å². The number of amides is 1. The number of H-pyrrole nitrogens is 1. The molecular formula is C26H27FN2O2. The molecule has 0 radical (unpaired) electrons. The number of allylic oxidation sites excluding steroid dienone is 1. The molecule has 0 unspecified atom stereocenters. The smallest absolute Gasteiger partial charge is 0.227 e. The number of nitrogens with zero attached hydrogens (tertiary/aromatic N) is 1. The lowest BCUT2D eigenvalue weighted by molar-refractivity contribution is -0.132. The fraction of sp³-hybridized carbons (Fsp3) is 0.346. The van der Waals surface area contributed by atoms with Crippen molar-refractivity contribution in [2.24, 2.45) is 0 Å². The number of benzene rings is 2. The summed E-state index contributed by atoms with van der Waals surface area (Å²) in [6.45, 7) is 0.580. The van der Waals surface area contributed by atoms with Gasteiger partial charge in [-0.05, 0) is 55.9 Å². The van der Waals surface area contributed by atoms with Gasteiger partial charge in [-0.2, -0.15) is 0 Å². The zero-order valence-electron chi connectivity index (χ0n) is 17.8. The number of hydrogen-bond acceptors (Lipinski definition) is 2. The minimum Gasteiger partial charge on any atom is -0.497 e. The van der Waals surface area contributed by atoms with Gasteiger partial charge in [0.15, 0.2) is 0 Å². The minimum absolute atomic E-state index is 0.0673. The van der Waals surface area contributed by atoms with Crippen LogP contribution in [0.25, 0.3) is 10.9 Å². The molecule has 0 fully saturated rings. The highest BCUT2D eigenvalue weighted by Crippen LogP contribution is 2.40. The van der Waals surface area contributed by atoms with E-state index in [1.165, 1.54) is 30.7 Å². The molecule has 2 aromatic carbocycles. The van der Waals surface area contributed by atoms with E-state index in [0.29, 0.717) is 24.3 Å². The number of ether oxygens (including phenoxy) is 1. The normalized spacial score (nSPS) is 18.6. The van der Waals surface area contributed by atoms with Crippen LogP contribution in [0.1, 0.15) is 55.0 Å². The van der Waals surface area contributed by atoms with Crippen molar-refractivity contribution in [1.82, 2.24) is 9.88 Å². The number of carbonyl (C=O) groups is 1. The molecule has 0 bridgehead atoms. The van der Waals surface area contributed by atoms with Crippen LogP contribution in [0.4, 0.5) is 4.39 Å². The number of rotatable bonds is 4. The van der Waals surface area contributed by atoms with E-state index >= 15 is 4.39 Å². The third-order valence-corrected chi connectivity index (χ3v) is 6.62. The molecule has 0 spiro atoms. The Kier molecular flexibility index (Phi) is 5.26. The maximum absolute atomic E-state index is 15.2. The van der Waals surface area contributed by atoms with Gasteiger partial charge in [0.2, 0.25) is 5.91 Å². The predicted molar refractivity (Wildman–Crippen MR) is 120 cm³/mol. The van der Waals surface area contributed by atoms with Gasteiger partial charge < -0.3 is 14.6 Å². The van der Waals surface area contributed by atoms with E-state index in [0.717, 1.165) is 42.3 Å². The standard InChI is InChI=1S/C26H27FN2O2/c1-31-18-11-12-21(22(27)16-18)26-25-20(19-9-5-6-10-23(19)28-25)13-14-29(26)24(30)15-17-7-3-2-4-8-17/h5-7,9-12,16,26,28H,2-4,8,13-15H2,1H3/t26-/m1/s1. The van der Waals surface area contributed by atoms with Gasteiger partial charge in [0.1, 0.15) is 17.6 Å². The van der Waals surface area contributed by atoms with Crippen LogP contribution in [0.2, 0.25) is 0 Å². The van der Waals surface area contributed by atoms with Crippen LogP contribution in [-0.4, -0.2) is 29.4 Å². The van der Waals surface area contributed by atoms with Gasteiger partial charge in [0.05, 0.1) is 7.11 Å². The van der Waals surface area contributed by atoms with Crippen molar-refractivity contribution in [3.05, 3.63) is 76.8 Å². The summed E-state index contributed by atoms with van der Waals surface area (Å²) in [6.07, 6.45) is 7.76. The zero-order valence-corrected chi connectivity index (χ0v) is 17.8. The van der Waals surface area contributed by atoms with Crippen LogP contribution < -0.4 is 4.74 Å². The predicted octanol–water partition coefficient (Wildman–Crippen LogP) is 5.68. The Labute approximate surface area is 181 Å². The SMILES string of the molecule is COc1ccc([C@@H]2c3[nH]c4ccccc4c3CCN2C(=O)CC2=CCCCC2)c(F)c1. The van der Waals surface area contributed by atoms with Crippen LogP contribution in [0.3, 0.4) is 0 Å². The van der Waals surface area contributed by atoms with Crippen molar-refractivity contribution in [3.63, 3.8) is 0 Å². The number of carbonyl (C=O) groups excluding carboxylic acids is 1. The minimum atomic E-state index is -0.473. The first kappa shape index (κ1) is 19.9. The number of methoxy groups -OCH3 is 1. The number of nitrogens with one attached hydrogen (secondary N) is 1. The maximum atomic E-state index is 15.2. The average Bonchev–Trinajstić information content (AvgIpc) is 3.18. The second-order valence-electron chi connectivity index (χ2n) is 8.47. The molecule has 1 aliphatic carbocycles. The summed E-state index contributed by atoms with van der Waals surface area (Å²) in [5.74, 6) is 0.183. The third-order valence-electron chi connectivity index (χ3n) is 6.62. The van der Waals surface area contributed by atoms with E-state index in [1.807, 2.05) is 23.1 Å². The fourth-order valence-corrected chi connectivity index (χ4v) is 5.05. The van der Waals surface area contributed by atoms with E-state index < -0.39 is 6.04 Å². The van der Waals surface area contributed by atoms with E-state index in [-0.39, 0.29) is 11.7 Å². The summed E-state index contributed by atoms with van der Waals surface area (Å²) in [4.78, 5) is 18.8. The summed E-state index contributed by atoms with van der Waals surface area (Å²) in [6, 6.07) is 12.6. The van der Waals surface area contributed by atoms with Crippen molar-refractivity contribution in [2.75, 3.05) is 13.7 Å². The Balaban J connectivity index is 1.59. The van der Waals surface area contributed by atoms with Crippen molar-refractivity contribution < 1.29 is 13.9 Å². The molecule has 5 heteroatoms. The second-order valence-corrected chi connectivity index (χ2v) is 8.47. The van der Waals surface area contributed by atoms with Gasteiger partial charge >= 0.3 is 0 Å². The van der Waals surface area contributed by atoms with Crippen LogP contribution in [-0.2, 0) is 11.2 Å². The average molecular weight is 419 g/mol. The lowest BCUT2D eigenvalue weighted by atomic mass is 9.90. The Bertz CT molecular complexity index is 1160.